The molecule has 1 atom stereocenters. The second kappa shape index (κ2) is 11.0. The zero-order valence-electron chi connectivity index (χ0n) is 21.0. The normalized spacial score (nSPS) is 18.4. The number of hydrogen-bond acceptors (Lipinski definition) is 7. The average Bonchev–Trinajstić information content (AvgIpc) is 3.03. The lowest BCUT2D eigenvalue weighted by Gasteiger charge is -2.35. The Morgan fingerprint density at radius 1 is 1.09 bits per heavy atom. The molecule has 2 N–H and O–H groups in total. The van der Waals surface area contributed by atoms with Crippen molar-refractivity contribution in [2.75, 3.05) is 65.5 Å². The van der Waals surface area contributed by atoms with Gasteiger partial charge in [0.25, 0.3) is 0 Å². The molecule has 2 aromatic carbocycles. The first kappa shape index (κ1) is 24.8. The van der Waals surface area contributed by atoms with Crippen LogP contribution < -0.4 is 19.7 Å². The second-order valence-corrected chi connectivity index (χ2v) is 8.86. The fourth-order valence-electron chi connectivity index (χ4n) is 4.75. The average molecular weight is 482 g/mol. The Kier molecular flexibility index (Phi) is 7.77. The van der Waals surface area contributed by atoms with Gasteiger partial charge in [0.05, 0.1) is 32.6 Å². The summed E-state index contributed by atoms with van der Waals surface area (Å²) in [6.45, 7) is 6.61. The van der Waals surface area contributed by atoms with Crippen molar-refractivity contribution in [2.45, 2.75) is 19.4 Å². The van der Waals surface area contributed by atoms with E-state index in [1.807, 2.05) is 19.1 Å². The molecule has 1 fully saturated rings. The summed E-state index contributed by atoms with van der Waals surface area (Å²) >= 11 is 0. The maximum atomic E-state index is 12.7. The number of benzene rings is 2. The van der Waals surface area contributed by atoms with E-state index in [1.165, 1.54) is 5.01 Å². The van der Waals surface area contributed by atoms with Crippen LogP contribution in [0.25, 0.3) is 0 Å². The molecule has 0 saturated carbocycles. The van der Waals surface area contributed by atoms with Crippen LogP contribution in [-0.2, 0) is 6.42 Å². The SMILES string of the molecule is CNC(=O)N1N=C(c2ccc(N3CCN(CCO)CC3)cc2)c2cc(OC)c(OC)cc2CC1C. The van der Waals surface area contributed by atoms with Crippen molar-refractivity contribution < 1.29 is 19.4 Å². The highest BCUT2D eigenvalue weighted by Crippen LogP contribution is 2.35. The van der Waals surface area contributed by atoms with Crippen LogP contribution in [0.15, 0.2) is 41.5 Å². The van der Waals surface area contributed by atoms with Crippen molar-refractivity contribution in [1.82, 2.24) is 15.2 Å². The van der Waals surface area contributed by atoms with E-state index in [0.717, 1.165) is 55.1 Å². The highest BCUT2D eigenvalue weighted by Gasteiger charge is 2.28. The Morgan fingerprint density at radius 3 is 2.34 bits per heavy atom. The minimum Gasteiger partial charge on any atom is -0.493 e. The number of carbonyl (C=O) groups excluding carboxylic acids is 1. The van der Waals surface area contributed by atoms with E-state index in [0.29, 0.717) is 23.6 Å². The molecule has 2 heterocycles. The standard InChI is InChI=1S/C26H35N5O4/c1-18-15-20-16-23(34-3)24(35-4)17-22(20)25(28-31(18)26(33)27-2)19-5-7-21(8-6-19)30-11-9-29(10-12-30)13-14-32/h5-8,16-18,32H,9-15H2,1-4H3,(H,27,33). The van der Waals surface area contributed by atoms with E-state index in [1.54, 1.807) is 21.3 Å². The predicted octanol–water partition coefficient (Wildman–Crippen LogP) is 2.16. The van der Waals surface area contributed by atoms with Gasteiger partial charge in [-0.2, -0.15) is 5.10 Å². The number of β-amino-alcohol motifs (C(OH)–C–C–N with tert-alkyl or cyclic N) is 1. The van der Waals surface area contributed by atoms with Gasteiger partial charge in [0.1, 0.15) is 0 Å². The van der Waals surface area contributed by atoms with Crippen molar-refractivity contribution in [1.29, 1.82) is 0 Å². The number of fused-ring (bicyclic) bond motifs is 1. The Balaban J connectivity index is 1.70. The van der Waals surface area contributed by atoms with Crippen molar-refractivity contribution >= 4 is 17.4 Å². The number of amides is 2. The summed E-state index contributed by atoms with van der Waals surface area (Å²) in [4.78, 5) is 17.3. The van der Waals surface area contributed by atoms with Crippen molar-refractivity contribution in [3.8, 4) is 11.5 Å². The summed E-state index contributed by atoms with van der Waals surface area (Å²) in [5, 5.41) is 18.2. The lowest BCUT2D eigenvalue weighted by Crippen LogP contribution is -2.47. The summed E-state index contributed by atoms with van der Waals surface area (Å²) in [7, 11) is 4.86. The number of urea groups is 1. The molecule has 1 unspecified atom stereocenters. The molecule has 2 aliphatic rings. The molecule has 2 aliphatic heterocycles. The van der Waals surface area contributed by atoms with E-state index in [9.17, 15) is 9.90 Å². The number of piperazine rings is 1. The third-order valence-electron chi connectivity index (χ3n) is 6.72. The monoisotopic (exact) mass is 481 g/mol. The van der Waals surface area contributed by atoms with Gasteiger partial charge in [-0.3, -0.25) is 4.90 Å². The van der Waals surface area contributed by atoms with Crippen LogP contribution >= 0.6 is 0 Å². The van der Waals surface area contributed by atoms with Gasteiger partial charge in [-0.25, -0.2) is 9.80 Å². The highest BCUT2D eigenvalue weighted by molar-refractivity contribution is 6.14. The van der Waals surface area contributed by atoms with Crippen LogP contribution in [0.5, 0.6) is 11.5 Å². The Morgan fingerprint density at radius 2 is 1.74 bits per heavy atom. The molecule has 35 heavy (non-hydrogen) atoms. The van der Waals surface area contributed by atoms with Crippen molar-refractivity contribution in [3.05, 3.63) is 53.1 Å². The summed E-state index contributed by atoms with van der Waals surface area (Å²) in [5.74, 6) is 1.28. The number of hydrazone groups is 1. The summed E-state index contributed by atoms with van der Waals surface area (Å²) in [6, 6.07) is 11.9. The van der Waals surface area contributed by atoms with Gasteiger partial charge in [-0.15, -0.1) is 0 Å². The van der Waals surface area contributed by atoms with Gasteiger partial charge in [0, 0.05) is 56.6 Å². The topological polar surface area (TPSA) is 89.9 Å². The first-order valence-electron chi connectivity index (χ1n) is 12.0. The number of methoxy groups -OCH3 is 2. The minimum absolute atomic E-state index is 0.140. The van der Waals surface area contributed by atoms with Crippen LogP contribution in [0, 0.1) is 0 Å². The number of anilines is 1. The maximum absolute atomic E-state index is 12.7. The van der Waals surface area contributed by atoms with Crippen LogP contribution in [0.2, 0.25) is 0 Å². The molecular weight excluding hydrogens is 446 g/mol. The van der Waals surface area contributed by atoms with Gasteiger partial charge in [0.2, 0.25) is 0 Å². The van der Waals surface area contributed by atoms with E-state index >= 15 is 0 Å². The van der Waals surface area contributed by atoms with Crippen LogP contribution in [-0.4, -0.2) is 93.4 Å². The fraction of sp³-hybridized carbons (Fsp3) is 0.462. The molecule has 1 saturated heterocycles. The molecule has 9 heteroatoms. The number of nitrogens with zero attached hydrogens (tertiary/aromatic N) is 4. The molecule has 9 nitrogen and oxygen atoms in total. The molecule has 2 aromatic rings. The lowest BCUT2D eigenvalue weighted by atomic mass is 9.94. The van der Waals surface area contributed by atoms with Crippen molar-refractivity contribution in [2.24, 2.45) is 5.10 Å². The smallest absolute Gasteiger partial charge is 0.337 e. The number of nitrogens with one attached hydrogen (secondary N) is 1. The molecule has 188 valence electrons. The quantitative estimate of drug-likeness (QED) is 0.657. The highest BCUT2D eigenvalue weighted by atomic mass is 16.5. The van der Waals surface area contributed by atoms with E-state index < -0.39 is 0 Å². The molecule has 2 amide bonds. The number of rotatable bonds is 6. The summed E-state index contributed by atoms with van der Waals surface area (Å²) < 4.78 is 11.1. The van der Waals surface area contributed by atoms with E-state index in [-0.39, 0.29) is 18.7 Å². The Hall–Kier alpha value is -3.30. The van der Waals surface area contributed by atoms with Gasteiger partial charge in [0.15, 0.2) is 11.5 Å². The second-order valence-electron chi connectivity index (χ2n) is 8.86. The first-order valence-corrected chi connectivity index (χ1v) is 12.0. The van der Waals surface area contributed by atoms with Gasteiger partial charge >= 0.3 is 6.03 Å². The predicted molar refractivity (Wildman–Crippen MR) is 137 cm³/mol. The number of aliphatic hydroxyl groups excluding tert-OH is 1. The number of carbonyl (C=O) groups is 1. The zero-order valence-corrected chi connectivity index (χ0v) is 21.0. The Bertz CT molecular complexity index is 1060. The van der Waals surface area contributed by atoms with Crippen LogP contribution in [0.4, 0.5) is 10.5 Å². The minimum atomic E-state index is -0.251. The van der Waals surface area contributed by atoms with Crippen LogP contribution in [0.3, 0.4) is 0 Å². The lowest BCUT2D eigenvalue weighted by molar-refractivity contribution is 0.184. The number of hydrogen-bond donors (Lipinski definition) is 2. The molecule has 0 aromatic heterocycles. The summed E-state index contributed by atoms with van der Waals surface area (Å²) in [6.07, 6.45) is 0.631. The van der Waals surface area contributed by atoms with E-state index in [2.05, 4.69) is 39.4 Å². The fourth-order valence-corrected chi connectivity index (χ4v) is 4.75. The maximum Gasteiger partial charge on any atom is 0.337 e. The van der Waals surface area contributed by atoms with Crippen LogP contribution in [0.1, 0.15) is 23.6 Å². The summed E-state index contributed by atoms with van der Waals surface area (Å²) in [5.41, 5.74) is 4.75. The van der Waals surface area contributed by atoms with E-state index in [4.69, 9.17) is 14.6 Å². The van der Waals surface area contributed by atoms with Gasteiger partial charge in [-0.1, -0.05) is 12.1 Å². The molecule has 0 bridgehead atoms. The Labute approximate surface area is 206 Å². The molecular formula is C26H35N5O4. The third kappa shape index (κ3) is 5.21. The zero-order chi connectivity index (χ0) is 24.9. The molecule has 0 radical (unpaired) electrons. The van der Waals surface area contributed by atoms with Gasteiger partial charge in [-0.05, 0) is 43.2 Å². The molecule has 0 spiro atoms. The molecule has 4 rings (SSSR count). The number of aliphatic hydroxyl groups is 1. The van der Waals surface area contributed by atoms with Crippen molar-refractivity contribution in [3.63, 3.8) is 0 Å². The largest absolute Gasteiger partial charge is 0.493 e. The first-order chi connectivity index (χ1) is 17.0. The van der Waals surface area contributed by atoms with Gasteiger partial charge < -0.3 is 24.8 Å². The third-order valence-corrected chi connectivity index (χ3v) is 6.72. The number of ether oxygens (including phenoxy) is 2. The molecule has 0 aliphatic carbocycles.